The third-order valence-electron chi connectivity index (χ3n) is 2.84. The summed E-state index contributed by atoms with van der Waals surface area (Å²) in [6.45, 7) is 3.42. The smallest absolute Gasteiger partial charge is 0.417 e. The van der Waals surface area contributed by atoms with Crippen LogP contribution in [0.15, 0.2) is 18.2 Å². The second-order valence-electron chi connectivity index (χ2n) is 5.18. The Balaban J connectivity index is 3.10. The van der Waals surface area contributed by atoms with Gasteiger partial charge in [0.15, 0.2) is 0 Å². The maximum absolute atomic E-state index is 13.0. The number of hydrogen-bond donors (Lipinski definition) is 2. The van der Waals surface area contributed by atoms with Crippen LogP contribution in [0.1, 0.15) is 36.2 Å². The Kier molecular flexibility index (Phi) is 5.51. The van der Waals surface area contributed by atoms with Gasteiger partial charge in [-0.05, 0) is 30.5 Å². The molecule has 1 atom stereocenters. The van der Waals surface area contributed by atoms with Crippen LogP contribution >= 0.6 is 0 Å². The summed E-state index contributed by atoms with van der Waals surface area (Å²) in [5.74, 6) is -3.78. The molecule has 0 aliphatic carbocycles. The van der Waals surface area contributed by atoms with Crippen LogP contribution in [0.4, 0.5) is 17.6 Å². The minimum Gasteiger partial charge on any atom is -0.480 e. The first-order valence-electron chi connectivity index (χ1n) is 6.42. The second-order valence-corrected chi connectivity index (χ2v) is 5.18. The zero-order valence-corrected chi connectivity index (χ0v) is 11.9. The van der Waals surface area contributed by atoms with Gasteiger partial charge in [0.25, 0.3) is 5.91 Å². The molecule has 0 saturated heterocycles. The molecule has 0 saturated carbocycles. The van der Waals surface area contributed by atoms with E-state index in [2.05, 4.69) is 0 Å². The first-order valence-corrected chi connectivity index (χ1v) is 6.42. The van der Waals surface area contributed by atoms with Gasteiger partial charge in [-0.3, -0.25) is 4.79 Å². The minimum atomic E-state index is -4.93. The summed E-state index contributed by atoms with van der Waals surface area (Å²) >= 11 is 0. The molecular weight excluding hydrogens is 306 g/mol. The van der Waals surface area contributed by atoms with Crippen LogP contribution < -0.4 is 5.32 Å². The van der Waals surface area contributed by atoms with Crippen molar-refractivity contribution in [2.45, 2.75) is 32.5 Å². The molecule has 2 N–H and O–H groups in total. The topological polar surface area (TPSA) is 66.4 Å². The average Bonchev–Trinajstić information content (AvgIpc) is 2.35. The van der Waals surface area contributed by atoms with Gasteiger partial charge < -0.3 is 10.4 Å². The van der Waals surface area contributed by atoms with Gasteiger partial charge in [-0.15, -0.1) is 0 Å². The first-order chi connectivity index (χ1) is 10.0. The van der Waals surface area contributed by atoms with Gasteiger partial charge >= 0.3 is 12.1 Å². The molecular formula is C14H15F4NO3. The Morgan fingerprint density at radius 3 is 2.32 bits per heavy atom. The SMILES string of the molecule is CC(C)C[C@@H](NC(=O)c1ccc(F)cc1C(F)(F)F)C(=O)O. The quantitative estimate of drug-likeness (QED) is 0.819. The van der Waals surface area contributed by atoms with E-state index in [1.807, 2.05) is 5.32 Å². The maximum Gasteiger partial charge on any atom is 0.417 e. The van der Waals surface area contributed by atoms with E-state index < -0.39 is 41.0 Å². The summed E-state index contributed by atoms with van der Waals surface area (Å²) in [5, 5.41) is 11.0. The highest BCUT2D eigenvalue weighted by Crippen LogP contribution is 2.32. The molecule has 0 fully saturated rings. The number of amides is 1. The third-order valence-corrected chi connectivity index (χ3v) is 2.84. The van der Waals surface area contributed by atoms with Crippen molar-refractivity contribution in [2.24, 2.45) is 5.92 Å². The standard InChI is InChI=1S/C14H15F4NO3/c1-7(2)5-11(13(21)22)19-12(20)9-4-3-8(15)6-10(9)14(16,17)18/h3-4,6-7,11H,5H2,1-2H3,(H,19,20)(H,21,22)/t11-/m1/s1. The summed E-state index contributed by atoms with van der Waals surface area (Å²) < 4.78 is 51.5. The van der Waals surface area contributed by atoms with Crippen molar-refractivity contribution >= 4 is 11.9 Å². The molecule has 0 spiro atoms. The number of carbonyl (C=O) groups is 2. The highest BCUT2D eigenvalue weighted by atomic mass is 19.4. The Morgan fingerprint density at radius 1 is 1.27 bits per heavy atom. The van der Waals surface area contributed by atoms with Crippen molar-refractivity contribution in [3.63, 3.8) is 0 Å². The lowest BCUT2D eigenvalue weighted by Crippen LogP contribution is -2.42. The number of carboxylic acid groups (broad SMARTS) is 1. The zero-order valence-electron chi connectivity index (χ0n) is 11.9. The van der Waals surface area contributed by atoms with Crippen molar-refractivity contribution in [1.82, 2.24) is 5.32 Å². The average molecular weight is 321 g/mol. The third kappa shape index (κ3) is 4.71. The number of alkyl halides is 3. The summed E-state index contributed by atoms with van der Waals surface area (Å²) in [6, 6.07) is 0.274. The largest absolute Gasteiger partial charge is 0.480 e. The molecule has 8 heteroatoms. The van der Waals surface area contributed by atoms with Crippen LogP contribution in [0.2, 0.25) is 0 Å². The summed E-state index contributed by atoms with van der Waals surface area (Å²) in [7, 11) is 0. The molecule has 4 nitrogen and oxygen atoms in total. The van der Waals surface area contributed by atoms with Crippen molar-refractivity contribution < 1.29 is 32.3 Å². The van der Waals surface area contributed by atoms with Crippen molar-refractivity contribution in [2.75, 3.05) is 0 Å². The number of carbonyl (C=O) groups excluding carboxylic acids is 1. The van der Waals surface area contributed by atoms with Gasteiger partial charge in [0.2, 0.25) is 0 Å². The molecule has 0 aliphatic rings. The number of hydrogen-bond acceptors (Lipinski definition) is 2. The van der Waals surface area contributed by atoms with E-state index in [-0.39, 0.29) is 18.4 Å². The Hall–Kier alpha value is -2.12. The van der Waals surface area contributed by atoms with Crippen LogP contribution in [-0.2, 0) is 11.0 Å². The lowest BCUT2D eigenvalue weighted by Gasteiger charge is -2.18. The predicted octanol–water partition coefficient (Wildman–Crippen LogP) is 3.07. The molecule has 0 unspecified atom stereocenters. The van der Waals surface area contributed by atoms with E-state index in [0.717, 1.165) is 0 Å². The van der Waals surface area contributed by atoms with Crippen LogP contribution in [-0.4, -0.2) is 23.0 Å². The second kappa shape index (κ2) is 6.76. The lowest BCUT2D eigenvalue weighted by molar-refractivity contribution is -0.139. The first kappa shape index (κ1) is 17.9. The van der Waals surface area contributed by atoms with Gasteiger partial charge in [-0.2, -0.15) is 13.2 Å². The molecule has 0 bridgehead atoms. The molecule has 1 rings (SSSR count). The summed E-state index contributed by atoms with van der Waals surface area (Å²) in [4.78, 5) is 23.0. The minimum absolute atomic E-state index is 0.0591. The van der Waals surface area contributed by atoms with Crippen LogP contribution in [0, 0.1) is 11.7 Å². The van der Waals surface area contributed by atoms with Gasteiger partial charge in [0, 0.05) is 0 Å². The number of aliphatic carboxylic acids is 1. The van der Waals surface area contributed by atoms with E-state index in [1.165, 1.54) is 0 Å². The van der Waals surface area contributed by atoms with Gasteiger partial charge in [-0.25, -0.2) is 9.18 Å². The molecule has 0 aliphatic heterocycles. The molecule has 0 radical (unpaired) electrons. The molecule has 1 aromatic rings. The number of carboxylic acids is 1. The van der Waals surface area contributed by atoms with E-state index in [9.17, 15) is 27.2 Å². The van der Waals surface area contributed by atoms with Crippen molar-refractivity contribution in [1.29, 1.82) is 0 Å². The molecule has 0 heterocycles. The van der Waals surface area contributed by atoms with Gasteiger partial charge in [-0.1, -0.05) is 13.8 Å². The fraction of sp³-hybridized carbons (Fsp3) is 0.429. The van der Waals surface area contributed by atoms with E-state index in [1.54, 1.807) is 13.8 Å². The van der Waals surface area contributed by atoms with E-state index >= 15 is 0 Å². The highest BCUT2D eigenvalue weighted by molar-refractivity contribution is 5.98. The Morgan fingerprint density at radius 2 is 1.86 bits per heavy atom. The monoisotopic (exact) mass is 321 g/mol. The number of nitrogens with one attached hydrogen (secondary N) is 1. The molecule has 0 aromatic heterocycles. The predicted molar refractivity (Wildman–Crippen MR) is 69.7 cm³/mol. The highest BCUT2D eigenvalue weighted by Gasteiger charge is 2.36. The summed E-state index contributed by atoms with van der Waals surface area (Å²) in [5.41, 5.74) is -2.26. The maximum atomic E-state index is 13.0. The summed E-state index contributed by atoms with van der Waals surface area (Å²) in [6.07, 6.45) is -4.87. The molecule has 22 heavy (non-hydrogen) atoms. The van der Waals surface area contributed by atoms with Gasteiger partial charge in [0.05, 0.1) is 11.1 Å². The van der Waals surface area contributed by atoms with Crippen molar-refractivity contribution in [3.8, 4) is 0 Å². The molecule has 122 valence electrons. The Labute approximate surface area is 124 Å². The number of benzene rings is 1. The van der Waals surface area contributed by atoms with Crippen LogP contribution in [0.25, 0.3) is 0 Å². The molecule has 1 aromatic carbocycles. The van der Waals surface area contributed by atoms with Crippen LogP contribution in [0.3, 0.4) is 0 Å². The number of rotatable bonds is 5. The van der Waals surface area contributed by atoms with E-state index in [0.29, 0.717) is 12.1 Å². The zero-order chi connectivity index (χ0) is 17.1. The van der Waals surface area contributed by atoms with Crippen LogP contribution in [0.5, 0.6) is 0 Å². The van der Waals surface area contributed by atoms with Crippen molar-refractivity contribution in [3.05, 3.63) is 35.1 Å². The van der Waals surface area contributed by atoms with E-state index in [4.69, 9.17) is 5.11 Å². The lowest BCUT2D eigenvalue weighted by atomic mass is 10.0. The fourth-order valence-electron chi connectivity index (χ4n) is 1.88. The number of halogens is 4. The fourth-order valence-corrected chi connectivity index (χ4v) is 1.88. The normalized spacial score (nSPS) is 13.0. The van der Waals surface area contributed by atoms with Gasteiger partial charge in [0.1, 0.15) is 11.9 Å². The Bertz CT molecular complexity index is 570. The molecule has 1 amide bonds.